The minimum atomic E-state index is -0.244. The summed E-state index contributed by atoms with van der Waals surface area (Å²) in [4.78, 5) is 4.18. The zero-order valence-corrected chi connectivity index (χ0v) is 13.7. The van der Waals surface area contributed by atoms with Gasteiger partial charge < -0.3 is 14.8 Å². The third kappa shape index (κ3) is 2.67. The standard InChI is InChI=1S/C17H16N6O2/c1-24-12-5-6-16(25-2)13(8-12)15-9-14(11-4-3-7-18-10-11)19-17-20-21-22-23(15)17/h3-10,15H,1-2H3,(H,19,20,22). The summed E-state index contributed by atoms with van der Waals surface area (Å²) in [7, 11) is 3.27. The molecule has 0 radical (unpaired) electrons. The van der Waals surface area contributed by atoms with Gasteiger partial charge in [0.25, 0.3) is 0 Å². The van der Waals surface area contributed by atoms with Crippen molar-refractivity contribution < 1.29 is 9.47 Å². The molecule has 3 heterocycles. The lowest BCUT2D eigenvalue weighted by molar-refractivity contribution is 0.393. The molecule has 25 heavy (non-hydrogen) atoms. The van der Waals surface area contributed by atoms with Gasteiger partial charge in [0.1, 0.15) is 17.5 Å². The summed E-state index contributed by atoms with van der Waals surface area (Å²) in [6, 6.07) is 9.28. The fourth-order valence-electron chi connectivity index (χ4n) is 2.84. The molecule has 126 valence electrons. The van der Waals surface area contributed by atoms with Crippen molar-refractivity contribution >= 4 is 11.6 Å². The molecule has 0 saturated heterocycles. The number of ether oxygens (including phenoxy) is 2. The molecule has 1 atom stereocenters. The second kappa shape index (κ2) is 6.23. The molecule has 0 fully saturated rings. The number of tetrazole rings is 1. The van der Waals surface area contributed by atoms with E-state index in [1.165, 1.54) is 0 Å². The number of pyridine rings is 1. The molecule has 1 unspecified atom stereocenters. The minimum Gasteiger partial charge on any atom is -0.497 e. The highest BCUT2D eigenvalue weighted by Gasteiger charge is 2.27. The first-order valence-corrected chi connectivity index (χ1v) is 7.69. The third-order valence-corrected chi connectivity index (χ3v) is 4.06. The van der Waals surface area contributed by atoms with Gasteiger partial charge in [0.05, 0.1) is 14.2 Å². The van der Waals surface area contributed by atoms with Crippen molar-refractivity contribution in [2.45, 2.75) is 6.04 Å². The minimum absolute atomic E-state index is 0.244. The highest BCUT2D eigenvalue weighted by molar-refractivity contribution is 5.76. The zero-order valence-electron chi connectivity index (χ0n) is 13.7. The number of anilines is 1. The van der Waals surface area contributed by atoms with Crippen LogP contribution in [0.2, 0.25) is 0 Å². The van der Waals surface area contributed by atoms with E-state index in [2.05, 4.69) is 25.8 Å². The van der Waals surface area contributed by atoms with Crippen LogP contribution in [-0.2, 0) is 0 Å². The van der Waals surface area contributed by atoms with Crippen molar-refractivity contribution in [2.75, 3.05) is 19.5 Å². The highest BCUT2D eigenvalue weighted by Crippen LogP contribution is 2.37. The van der Waals surface area contributed by atoms with Crippen molar-refractivity contribution in [1.82, 2.24) is 25.2 Å². The first-order chi connectivity index (χ1) is 12.3. The SMILES string of the molecule is COc1ccc(OC)c(C2C=C(c3cccnc3)Nc3nnnn32)c1. The molecule has 0 amide bonds. The Morgan fingerprint density at radius 2 is 2.08 bits per heavy atom. The van der Waals surface area contributed by atoms with Crippen LogP contribution in [0.25, 0.3) is 5.70 Å². The number of hydrogen-bond donors (Lipinski definition) is 1. The third-order valence-electron chi connectivity index (χ3n) is 4.06. The Hall–Kier alpha value is -3.42. The summed E-state index contributed by atoms with van der Waals surface area (Å²) in [6.45, 7) is 0. The average Bonchev–Trinajstić information content (AvgIpc) is 3.16. The topological polar surface area (TPSA) is 87.0 Å². The van der Waals surface area contributed by atoms with Gasteiger partial charge in [-0.15, -0.1) is 0 Å². The van der Waals surface area contributed by atoms with Gasteiger partial charge in [-0.25, -0.2) is 0 Å². The average molecular weight is 336 g/mol. The number of allylic oxidation sites excluding steroid dienone is 1. The lowest BCUT2D eigenvalue weighted by Gasteiger charge is -2.24. The smallest absolute Gasteiger partial charge is 0.248 e. The number of benzene rings is 1. The van der Waals surface area contributed by atoms with E-state index in [-0.39, 0.29) is 6.04 Å². The quantitative estimate of drug-likeness (QED) is 0.781. The molecule has 3 aromatic rings. The van der Waals surface area contributed by atoms with Crippen LogP contribution >= 0.6 is 0 Å². The fraction of sp³-hybridized carbons (Fsp3) is 0.176. The van der Waals surface area contributed by atoms with Crippen molar-refractivity contribution in [3.63, 3.8) is 0 Å². The molecule has 2 aromatic heterocycles. The van der Waals surface area contributed by atoms with Gasteiger partial charge in [-0.2, -0.15) is 4.68 Å². The largest absolute Gasteiger partial charge is 0.497 e. The predicted molar refractivity (Wildman–Crippen MR) is 91.3 cm³/mol. The normalized spacial score (nSPS) is 15.8. The lowest BCUT2D eigenvalue weighted by Crippen LogP contribution is -2.20. The van der Waals surface area contributed by atoms with Crippen molar-refractivity contribution in [3.8, 4) is 11.5 Å². The molecule has 1 aliphatic rings. The molecule has 1 N–H and O–H groups in total. The van der Waals surface area contributed by atoms with Crippen LogP contribution in [0.15, 0.2) is 48.8 Å². The molecule has 0 bridgehead atoms. The maximum Gasteiger partial charge on any atom is 0.248 e. The second-order valence-corrected chi connectivity index (χ2v) is 5.45. The van der Waals surface area contributed by atoms with Crippen molar-refractivity contribution in [2.24, 2.45) is 0 Å². The Labute approximate surface area is 144 Å². The maximum atomic E-state index is 5.53. The summed E-state index contributed by atoms with van der Waals surface area (Å²) in [5, 5.41) is 15.2. The number of nitrogens with zero attached hydrogens (tertiary/aromatic N) is 5. The summed E-state index contributed by atoms with van der Waals surface area (Å²) in [5.74, 6) is 2.02. The van der Waals surface area contributed by atoms with Crippen molar-refractivity contribution in [1.29, 1.82) is 0 Å². The van der Waals surface area contributed by atoms with Gasteiger partial charge in [-0.1, -0.05) is 5.10 Å². The number of methoxy groups -OCH3 is 2. The van der Waals surface area contributed by atoms with Gasteiger partial charge in [0, 0.05) is 29.2 Å². The monoisotopic (exact) mass is 336 g/mol. The summed E-state index contributed by atoms with van der Waals surface area (Å²) in [5.41, 5.74) is 2.73. The molecule has 0 aliphatic carbocycles. The summed E-state index contributed by atoms with van der Waals surface area (Å²) in [6.07, 6.45) is 5.56. The predicted octanol–water partition coefficient (Wildman–Crippen LogP) is 2.14. The van der Waals surface area contributed by atoms with Gasteiger partial charge in [0.15, 0.2) is 0 Å². The van der Waals surface area contributed by atoms with Crippen LogP contribution in [0, 0.1) is 0 Å². The molecule has 8 nitrogen and oxygen atoms in total. The number of fused-ring (bicyclic) bond motifs is 1. The van der Waals surface area contributed by atoms with E-state index in [1.807, 2.05) is 36.4 Å². The molecule has 4 rings (SSSR count). The van der Waals surface area contributed by atoms with Crippen LogP contribution in [0.3, 0.4) is 0 Å². The maximum absolute atomic E-state index is 5.53. The summed E-state index contributed by atoms with van der Waals surface area (Å²) >= 11 is 0. The van der Waals surface area contributed by atoms with Gasteiger partial charge in [-0.3, -0.25) is 4.98 Å². The molecule has 1 aliphatic heterocycles. The van der Waals surface area contributed by atoms with Gasteiger partial charge >= 0.3 is 0 Å². The first kappa shape index (κ1) is 15.1. The van der Waals surface area contributed by atoms with E-state index >= 15 is 0 Å². The number of nitrogens with one attached hydrogen (secondary N) is 1. The van der Waals surface area contributed by atoms with Crippen LogP contribution < -0.4 is 14.8 Å². The van der Waals surface area contributed by atoms with Crippen molar-refractivity contribution in [3.05, 3.63) is 59.9 Å². The lowest BCUT2D eigenvalue weighted by atomic mass is 10.0. The number of rotatable bonds is 4. The van der Waals surface area contributed by atoms with Crippen LogP contribution in [0.1, 0.15) is 17.2 Å². The van der Waals surface area contributed by atoms with Crippen LogP contribution in [0.5, 0.6) is 11.5 Å². The van der Waals surface area contributed by atoms with E-state index in [1.54, 1.807) is 31.3 Å². The Morgan fingerprint density at radius 3 is 2.84 bits per heavy atom. The fourth-order valence-corrected chi connectivity index (χ4v) is 2.84. The molecule has 0 saturated carbocycles. The van der Waals surface area contributed by atoms with E-state index in [9.17, 15) is 0 Å². The highest BCUT2D eigenvalue weighted by atomic mass is 16.5. The Balaban J connectivity index is 1.87. The van der Waals surface area contributed by atoms with E-state index < -0.39 is 0 Å². The number of hydrogen-bond acceptors (Lipinski definition) is 7. The molecule has 1 aromatic carbocycles. The van der Waals surface area contributed by atoms with E-state index in [0.717, 1.165) is 28.3 Å². The Bertz CT molecular complexity index is 922. The molecule has 8 heteroatoms. The van der Waals surface area contributed by atoms with E-state index in [4.69, 9.17) is 9.47 Å². The van der Waals surface area contributed by atoms with Gasteiger partial charge in [0.2, 0.25) is 5.95 Å². The first-order valence-electron chi connectivity index (χ1n) is 7.69. The van der Waals surface area contributed by atoms with Crippen LogP contribution in [-0.4, -0.2) is 39.4 Å². The molecular weight excluding hydrogens is 320 g/mol. The Morgan fingerprint density at radius 1 is 1.16 bits per heavy atom. The van der Waals surface area contributed by atoms with Crippen LogP contribution in [0.4, 0.5) is 5.95 Å². The summed E-state index contributed by atoms with van der Waals surface area (Å²) < 4.78 is 12.6. The second-order valence-electron chi connectivity index (χ2n) is 5.45. The zero-order chi connectivity index (χ0) is 17.2. The van der Waals surface area contributed by atoms with Gasteiger partial charge in [-0.05, 0) is 46.8 Å². The molecular formula is C17H16N6O2. The molecule has 0 spiro atoms. The Kier molecular flexibility index (Phi) is 3.77. The number of aromatic nitrogens is 5. The van der Waals surface area contributed by atoms with E-state index in [0.29, 0.717) is 5.95 Å².